The highest BCUT2D eigenvalue weighted by Gasteiger charge is 2.13. The zero-order chi connectivity index (χ0) is 19.2. The van der Waals surface area contributed by atoms with Crippen molar-refractivity contribution in [3.8, 4) is 17.2 Å². The molecule has 0 amide bonds. The van der Waals surface area contributed by atoms with Crippen LogP contribution in [0.2, 0.25) is 0 Å². The molecule has 7 heteroatoms. The summed E-state index contributed by atoms with van der Waals surface area (Å²) in [4.78, 5) is 4.28. The van der Waals surface area contributed by atoms with Crippen molar-refractivity contribution in [2.24, 2.45) is 4.99 Å². The fourth-order valence-corrected chi connectivity index (χ4v) is 2.99. The highest BCUT2D eigenvalue weighted by atomic mass is 16.7. The summed E-state index contributed by atoms with van der Waals surface area (Å²) in [5, 5.41) is 11.1. The standard InChI is InChI=1S/C21H23N5O2/c1-22-21(24-12-16-7-8-19-20(11-16)28-15-27-19)23-10-9-17-13-25-26(14-17)18-5-3-2-4-6-18/h2-8,11,13-14H,9-10,12,15H2,1H3,(H2,22,23,24). The Hall–Kier alpha value is -3.48. The van der Waals surface area contributed by atoms with E-state index in [4.69, 9.17) is 9.47 Å². The maximum absolute atomic E-state index is 5.42. The van der Waals surface area contributed by atoms with Gasteiger partial charge in [0.05, 0.1) is 11.9 Å². The molecule has 0 fully saturated rings. The second kappa shape index (κ2) is 8.47. The van der Waals surface area contributed by atoms with E-state index < -0.39 is 0 Å². The van der Waals surface area contributed by atoms with Gasteiger partial charge in [-0.2, -0.15) is 5.10 Å². The van der Waals surface area contributed by atoms with Crippen LogP contribution in [-0.2, 0) is 13.0 Å². The number of rotatable bonds is 6. The minimum atomic E-state index is 0.288. The molecule has 1 aliphatic rings. The first-order valence-corrected chi connectivity index (χ1v) is 9.24. The highest BCUT2D eigenvalue weighted by molar-refractivity contribution is 5.79. The predicted octanol–water partition coefficient (Wildman–Crippen LogP) is 2.51. The number of hydrogen-bond donors (Lipinski definition) is 2. The van der Waals surface area contributed by atoms with Crippen LogP contribution in [0.3, 0.4) is 0 Å². The van der Waals surface area contributed by atoms with Crippen molar-refractivity contribution in [3.63, 3.8) is 0 Å². The van der Waals surface area contributed by atoms with E-state index in [2.05, 4.69) is 26.9 Å². The normalized spacial score (nSPS) is 12.8. The fourth-order valence-electron chi connectivity index (χ4n) is 2.99. The van der Waals surface area contributed by atoms with Gasteiger partial charge in [-0.05, 0) is 41.8 Å². The molecule has 2 N–H and O–H groups in total. The fraction of sp³-hybridized carbons (Fsp3) is 0.238. The molecule has 144 valence electrons. The molecule has 0 atom stereocenters. The van der Waals surface area contributed by atoms with E-state index in [1.165, 1.54) is 5.56 Å². The van der Waals surface area contributed by atoms with Gasteiger partial charge in [-0.25, -0.2) is 4.68 Å². The Balaban J connectivity index is 1.25. The predicted molar refractivity (Wildman–Crippen MR) is 108 cm³/mol. The number of nitrogens with zero attached hydrogens (tertiary/aromatic N) is 3. The second-order valence-electron chi connectivity index (χ2n) is 6.42. The van der Waals surface area contributed by atoms with Crippen LogP contribution in [0.4, 0.5) is 0 Å². The maximum atomic E-state index is 5.42. The largest absolute Gasteiger partial charge is 0.454 e. The van der Waals surface area contributed by atoms with Gasteiger partial charge < -0.3 is 20.1 Å². The second-order valence-corrected chi connectivity index (χ2v) is 6.42. The molecule has 2 heterocycles. The minimum Gasteiger partial charge on any atom is -0.454 e. The lowest BCUT2D eigenvalue weighted by Gasteiger charge is -2.12. The number of benzene rings is 2. The summed E-state index contributed by atoms with van der Waals surface area (Å²) in [6.45, 7) is 1.71. The van der Waals surface area contributed by atoms with Crippen molar-refractivity contribution in [1.82, 2.24) is 20.4 Å². The summed E-state index contributed by atoms with van der Waals surface area (Å²) >= 11 is 0. The van der Waals surface area contributed by atoms with Crippen molar-refractivity contribution in [3.05, 3.63) is 72.1 Å². The van der Waals surface area contributed by atoms with Crippen molar-refractivity contribution in [1.29, 1.82) is 0 Å². The lowest BCUT2D eigenvalue weighted by atomic mass is 10.2. The summed E-state index contributed by atoms with van der Waals surface area (Å²) in [6, 6.07) is 16.0. The number of ether oxygens (including phenoxy) is 2. The summed E-state index contributed by atoms with van der Waals surface area (Å²) in [6.07, 6.45) is 4.81. The minimum absolute atomic E-state index is 0.288. The molecule has 2 aromatic carbocycles. The average molecular weight is 377 g/mol. The van der Waals surface area contributed by atoms with Gasteiger partial charge in [-0.15, -0.1) is 0 Å². The molecule has 0 saturated carbocycles. The molecule has 0 unspecified atom stereocenters. The van der Waals surface area contributed by atoms with Crippen LogP contribution in [0, 0.1) is 0 Å². The van der Waals surface area contributed by atoms with E-state index in [0.29, 0.717) is 6.54 Å². The Labute approximate surface area is 164 Å². The van der Waals surface area contributed by atoms with Gasteiger partial charge in [0.1, 0.15) is 0 Å². The van der Waals surface area contributed by atoms with Gasteiger partial charge in [0.2, 0.25) is 6.79 Å². The third-order valence-electron chi connectivity index (χ3n) is 4.48. The van der Waals surface area contributed by atoms with Gasteiger partial charge >= 0.3 is 0 Å². The van der Waals surface area contributed by atoms with E-state index in [9.17, 15) is 0 Å². The van der Waals surface area contributed by atoms with Crippen LogP contribution >= 0.6 is 0 Å². The van der Waals surface area contributed by atoms with E-state index in [-0.39, 0.29) is 6.79 Å². The first-order chi connectivity index (χ1) is 13.8. The smallest absolute Gasteiger partial charge is 0.231 e. The summed E-state index contributed by atoms with van der Waals surface area (Å²) in [7, 11) is 1.77. The number of aliphatic imine (C=N–C) groups is 1. The lowest BCUT2D eigenvalue weighted by molar-refractivity contribution is 0.174. The van der Waals surface area contributed by atoms with E-state index in [1.54, 1.807) is 7.05 Å². The summed E-state index contributed by atoms with van der Waals surface area (Å²) in [5.74, 6) is 2.34. The van der Waals surface area contributed by atoms with Crippen LogP contribution in [0.1, 0.15) is 11.1 Å². The maximum Gasteiger partial charge on any atom is 0.231 e. The number of para-hydroxylation sites is 1. The Bertz CT molecular complexity index is 952. The molecule has 1 aromatic heterocycles. The van der Waals surface area contributed by atoms with Gasteiger partial charge in [-0.3, -0.25) is 4.99 Å². The summed E-state index contributed by atoms with van der Waals surface area (Å²) < 4.78 is 12.6. The molecular formula is C21H23N5O2. The molecule has 1 aliphatic heterocycles. The Kier molecular flexibility index (Phi) is 5.42. The Morgan fingerprint density at radius 1 is 1.07 bits per heavy atom. The van der Waals surface area contributed by atoms with Crippen molar-refractivity contribution >= 4 is 5.96 Å². The monoisotopic (exact) mass is 377 g/mol. The van der Waals surface area contributed by atoms with Crippen LogP contribution in [0.5, 0.6) is 11.5 Å². The first kappa shape index (κ1) is 17.9. The Morgan fingerprint density at radius 3 is 2.79 bits per heavy atom. The van der Waals surface area contributed by atoms with Crippen molar-refractivity contribution in [2.75, 3.05) is 20.4 Å². The average Bonchev–Trinajstić information content (AvgIpc) is 3.40. The molecule has 7 nitrogen and oxygen atoms in total. The molecule has 0 bridgehead atoms. The van der Waals surface area contributed by atoms with Crippen LogP contribution in [0.15, 0.2) is 65.9 Å². The number of aromatic nitrogens is 2. The molecule has 0 spiro atoms. The van der Waals surface area contributed by atoms with Gasteiger partial charge in [0.15, 0.2) is 17.5 Å². The number of hydrogen-bond acceptors (Lipinski definition) is 4. The zero-order valence-electron chi connectivity index (χ0n) is 15.8. The highest BCUT2D eigenvalue weighted by Crippen LogP contribution is 2.32. The van der Waals surface area contributed by atoms with E-state index >= 15 is 0 Å². The quantitative estimate of drug-likeness (QED) is 0.510. The zero-order valence-corrected chi connectivity index (χ0v) is 15.8. The van der Waals surface area contributed by atoms with Gasteiger partial charge in [-0.1, -0.05) is 24.3 Å². The van der Waals surface area contributed by atoms with E-state index in [0.717, 1.165) is 41.7 Å². The third kappa shape index (κ3) is 4.25. The summed E-state index contributed by atoms with van der Waals surface area (Å²) in [5.41, 5.74) is 3.34. The molecule has 3 aromatic rings. The number of fused-ring (bicyclic) bond motifs is 1. The molecule has 28 heavy (non-hydrogen) atoms. The topological polar surface area (TPSA) is 72.7 Å². The van der Waals surface area contributed by atoms with Crippen LogP contribution in [-0.4, -0.2) is 36.1 Å². The molecule has 4 rings (SSSR count). The lowest BCUT2D eigenvalue weighted by Crippen LogP contribution is -2.37. The molecule has 0 aliphatic carbocycles. The first-order valence-electron chi connectivity index (χ1n) is 9.24. The third-order valence-corrected chi connectivity index (χ3v) is 4.48. The SMILES string of the molecule is CN=C(NCCc1cnn(-c2ccccc2)c1)NCc1ccc2c(c1)OCO2. The van der Waals surface area contributed by atoms with Gasteiger partial charge in [0.25, 0.3) is 0 Å². The molecular weight excluding hydrogens is 354 g/mol. The number of guanidine groups is 1. The molecule has 0 saturated heterocycles. The van der Waals surface area contributed by atoms with Crippen LogP contribution in [0.25, 0.3) is 5.69 Å². The van der Waals surface area contributed by atoms with Crippen molar-refractivity contribution < 1.29 is 9.47 Å². The Morgan fingerprint density at radius 2 is 1.93 bits per heavy atom. The van der Waals surface area contributed by atoms with Crippen molar-refractivity contribution in [2.45, 2.75) is 13.0 Å². The van der Waals surface area contributed by atoms with E-state index in [1.807, 2.05) is 59.4 Å². The van der Waals surface area contributed by atoms with Crippen LogP contribution < -0.4 is 20.1 Å². The number of nitrogens with one attached hydrogen (secondary N) is 2. The van der Waals surface area contributed by atoms with Gasteiger partial charge in [0, 0.05) is 26.3 Å². The molecule has 0 radical (unpaired) electrons.